The van der Waals surface area contributed by atoms with E-state index in [1.807, 2.05) is 6.92 Å². The number of halogens is 1. The summed E-state index contributed by atoms with van der Waals surface area (Å²) in [6.07, 6.45) is 1.72. The number of benzene rings is 1. The number of alkyl halides is 1. The largest absolute Gasteiger partial charge is 0.330 e. The Hall–Kier alpha value is -1.28. The molecule has 1 aromatic carbocycles. The summed E-state index contributed by atoms with van der Waals surface area (Å²) in [5.74, 6) is -0.658. The van der Waals surface area contributed by atoms with Crippen molar-refractivity contribution in [3.05, 3.63) is 29.8 Å². The molecule has 6 nitrogen and oxygen atoms in total. The maximum absolute atomic E-state index is 12.4. The topological polar surface area (TPSA) is 106 Å². The number of aryl methyl sites for hydroxylation is 1. The molecule has 0 heterocycles. The van der Waals surface area contributed by atoms with E-state index in [0.29, 0.717) is 25.7 Å². The Morgan fingerprint density at radius 1 is 1.30 bits per heavy atom. The third kappa shape index (κ3) is 6.02. The van der Waals surface area contributed by atoms with Gasteiger partial charge in [-0.2, -0.15) is 0 Å². The first kappa shape index (κ1) is 19.8. The number of hydrogen-bond acceptors (Lipinski definition) is 5. The van der Waals surface area contributed by atoms with Crippen molar-refractivity contribution in [2.75, 3.05) is 6.54 Å². The van der Waals surface area contributed by atoms with Crippen molar-refractivity contribution < 1.29 is 18.0 Å². The van der Waals surface area contributed by atoms with E-state index in [0.717, 1.165) is 5.56 Å². The molecule has 128 valence electrons. The molecule has 1 rings (SSSR count). The normalized spacial score (nSPS) is 14.2. The van der Waals surface area contributed by atoms with E-state index in [1.165, 1.54) is 12.1 Å². The summed E-state index contributed by atoms with van der Waals surface area (Å²) in [5, 5.41) is -1.38. The lowest BCUT2D eigenvalue weighted by atomic mass is 10.0. The second-order valence-corrected chi connectivity index (χ2v) is 7.40. The maximum Gasteiger partial charge on any atom is 0.241 e. The highest BCUT2D eigenvalue weighted by atomic mass is 35.5. The summed E-state index contributed by atoms with van der Waals surface area (Å²) < 4.78 is 27.1. The van der Waals surface area contributed by atoms with Crippen LogP contribution in [0.4, 0.5) is 0 Å². The molecular formula is C15H21ClN2O4S. The number of ketones is 1. The molecule has 23 heavy (non-hydrogen) atoms. The zero-order chi connectivity index (χ0) is 17.5. The predicted molar refractivity (Wildman–Crippen MR) is 88.9 cm³/mol. The third-order valence-electron chi connectivity index (χ3n) is 3.31. The highest BCUT2D eigenvalue weighted by Gasteiger charge is 2.29. The molecule has 0 aliphatic rings. The van der Waals surface area contributed by atoms with Crippen LogP contribution in [0.1, 0.15) is 24.8 Å². The van der Waals surface area contributed by atoms with Crippen LogP contribution < -0.4 is 10.5 Å². The maximum atomic E-state index is 12.4. The first-order chi connectivity index (χ1) is 10.8. The number of aldehydes is 1. The molecule has 0 aromatic heterocycles. The Kier molecular flexibility index (Phi) is 7.84. The highest BCUT2D eigenvalue weighted by molar-refractivity contribution is 7.89. The van der Waals surface area contributed by atoms with Crippen molar-refractivity contribution in [1.82, 2.24) is 4.72 Å². The van der Waals surface area contributed by atoms with Crippen LogP contribution in [0.3, 0.4) is 0 Å². The molecule has 1 aromatic rings. The van der Waals surface area contributed by atoms with Gasteiger partial charge in [-0.25, -0.2) is 13.1 Å². The second-order valence-electron chi connectivity index (χ2n) is 5.21. The fourth-order valence-corrected chi connectivity index (χ4v) is 3.38. The van der Waals surface area contributed by atoms with Crippen LogP contribution in [0.2, 0.25) is 0 Å². The summed E-state index contributed by atoms with van der Waals surface area (Å²) in [5.41, 5.74) is 6.32. The van der Waals surface area contributed by atoms with Crippen LogP contribution in [-0.2, 0) is 19.6 Å². The zero-order valence-electron chi connectivity index (χ0n) is 12.9. The van der Waals surface area contributed by atoms with E-state index in [2.05, 4.69) is 4.72 Å². The molecule has 0 amide bonds. The average molecular weight is 361 g/mol. The Morgan fingerprint density at radius 2 is 1.91 bits per heavy atom. The molecule has 0 aliphatic heterocycles. The van der Waals surface area contributed by atoms with E-state index < -0.39 is 27.2 Å². The number of carbonyl (C=O) groups excluding carboxylic acids is 2. The van der Waals surface area contributed by atoms with Gasteiger partial charge in [0.05, 0.1) is 10.9 Å². The number of nitrogens with one attached hydrogen (secondary N) is 1. The Balaban J connectivity index is 2.95. The van der Waals surface area contributed by atoms with Crippen molar-refractivity contribution >= 4 is 33.7 Å². The van der Waals surface area contributed by atoms with Gasteiger partial charge in [0, 0.05) is 0 Å². The van der Waals surface area contributed by atoms with E-state index in [4.69, 9.17) is 17.3 Å². The van der Waals surface area contributed by atoms with Gasteiger partial charge < -0.3 is 10.5 Å². The van der Waals surface area contributed by atoms with Gasteiger partial charge in [-0.15, -0.1) is 11.6 Å². The molecule has 2 unspecified atom stereocenters. The van der Waals surface area contributed by atoms with Gasteiger partial charge in [0.15, 0.2) is 5.78 Å². The lowest BCUT2D eigenvalue weighted by Gasteiger charge is -2.18. The van der Waals surface area contributed by atoms with Crippen LogP contribution in [0, 0.1) is 6.92 Å². The van der Waals surface area contributed by atoms with Crippen molar-refractivity contribution in [3.63, 3.8) is 0 Å². The minimum Gasteiger partial charge on any atom is -0.330 e. The molecule has 0 bridgehead atoms. The van der Waals surface area contributed by atoms with Gasteiger partial charge in [-0.3, -0.25) is 4.79 Å². The van der Waals surface area contributed by atoms with Gasteiger partial charge in [0.25, 0.3) is 0 Å². The summed E-state index contributed by atoms with van der Waals surface area (Å²) in [6.45, 7) is 2.27. The molecule has 0 radical (unpaired) electrons. The summed E-state index contributed by atoms with van der Waals surface area (Å²) >= 11 is 5.64. The SMILES string of the molecule is Cc1ccc(S(=O)(=O)NC(CCCCN)C(=O)C(Cl)C=O)cc1. The predicted octanol–water partition coefficient (Wildman–Crippen LogP) is 1.15. The van der Waals surface area contributed by atoms with Crippen LogP contribution in [-0.4, -0.2) is 38.5 Å². The lowest BCUT2D eigenvalue weighted by Crippen LogP contribution is -2.44. The van der Waals surface area contributed by atoms with Gasteiger partial charge >= 0.3 is 0 Å². The molecule has 0 aliphatic carbocycles. The highest BCUT2D eigenvalue weighted by Crippen LogP contribution is 2.14. The summed E-state index contributed by atoms with van der Waals surface area (Å²) in [7, 11) is -3.88. The number of Topliss-reactive ketones (excluding diaryl/α,β-unsaturated/α-hetero) is 1. The molecule has 0 saturated heterocycles. The van der Waals surface area contributed by atoms with Gasteiger partial charge in [0.1, 0.15) is 11.7 Å². The van der Waals surface area contributed by atoms with Crippen molar-refractivity contribution in [2.24, 2.45) is 5.73 Å². The Morgan fingerprint density at radius 3 is 2.43 bits per heavy atom. The van der Waals surface area contributed by atoms with E-state index >= 15 is 0 Å². The van der Waals surface area contributed by atoms with Gasteiger partial charge in [-0.1, -0.05) is 24.1 Å². The van der Waals surface area contributed by atoms with Crippen LogP contribution in [0.15, 0.2) is 29.2 Å². The quantitative estimate of drug-likeness (QED) is 0.282. The average Bonchev–Trinajstić information content (AvgIpc) is 2.53. The number of rotatable bonds is 10. The van der Waals surface area contributed by atoms with E-state index in [-0.39, 0.29) is 11.3 Å². The van der Waals surface area contributed by atoms with Gasteiger partial charge in [0.2, 0.25) is 10.0 Å². The van der Waals surface area contributed by atoms with Crippen molar-refractivity contribution in [3.8, 4) is 0 Å². The first-order valence-corrected chi connectivity index (χ1v) is 9.16. The Labute approximate surface area is 141 Å². The summed E-state index contributed by atoms with van der Waals surface area (Å²) in [6, 6.07) is 5.18. The molecule has 0 spiro atoms. The number of hydrogen-bond donors (Lipinski definition) is 2. The van der Waals surface area contributed by atoms with E-state index in [9.17, 15) is 18.0 Å². The number of carbonyl (C=O) groups is 2. The van der Waals surface area contributed by atoms with Crippen molar-refractivity contribution in [2.45, 2.75) is 42.5 Å². The second kappa shape index (κ2) is 9.12. The van der Waals surface area contributed by atoms with Crippen LogP contribution >= 0.6 is 11.6 Å². The molecule has 0 saturated carbocycles. The number of nitrogens with two attached hydrogens (primary N) is 1. The summed E-state index contributed by atoms with van der Waals surface area (Å²) in [4.78, 5) is 22.9. The number of unbranched alkanes of at least 4 members (excludes halogenated alkanes) is 1. The lowest BCUT2D eigenvalue weighted by molar-refractivity contribution is -0.123. The molecule has 2 atom stereocenters. The smallest absolute Gasteiger partial charge is 0.241 e. The Bertz CT molecular complexity index is 631. The molecular weight excluding hydrogens is 340 g/mol. The van der Waals surface area contributed by atoms with E-state index in [1.54, 1.807) is 12.1 Å². The van der Waals surface area contributed by atoms with Gasteiger partial charge in [-0.05, 0) is 38.4 Å². The first-order valence-electron chi connectivity index (χ1n) is 7.24. The minimum atomic E-state index is -3.88. The standard InChI is InChI=1S/C15H21ClN2O4S/c1-11-5-7-12(8-6-11)23(21,22)18-14(4-2-3-9-17)15(20)13(16)10-19/h5-8,10,13-14,18H,2-4,9,17H2,1H3. The molecule has 3 N–H and O–H groups in total. The fourth-order valence-electron chi connectivity index (χ4n) is 1.98. The van der Waals surface area contributed by atoms with Crippen LogP contribution in [0.25, 0.3) is 0 Å². The van der Waals surface area contributed by atoms with Crippen molar-refractivity contribution in [1.29, 1.82) is 0 Å². The fraction of sp³-hybridized carbons (Fsp3) is 0.467. The third-order valence-corrected chi connectivity index (χ3v) is 5.12. The van der Waals surface area contributed by atoms with Crippen LogP contribution in [0.5, 0.6) is 0 Å². The molecule has 0 fully saturated rings. The monoisotopic (exact) mass is 360 g/mol. The molecule has 8 heteroatoms. The number of sulfonamides is 1. The minimum absolute atomic E-state index is 0.0527. The zero-order valence-corrected chi connectivity index (χ0v) is 14.4.